The fourth-order valence-corrected chi connectivity index (χ4v) is 4.22. The first-order chi connectivity index (χ1) is 12.2. The summed E-state index contributed by atoms with van der Waals surface area (Å²) in [5.74, 6) is 2.16. The van der Waals surface area contributed by atoms with Gasteiger partial charge in [-0.2, -0.15) is 0 Å². The molecule has 2 fully saturated rings. The average molecular weight is 348 g/mol. The van der Waals surface area contributed by atoms with E-state index in [2.05, 4.69) is 27.9 Å². The number of aliphatic hydroxyl groups is 1. The lowest BCUT2D eigenvalue weighted by molar-refractivity contribution is 0.136. The van der Waals surface area contributed by atoms with Crippen LogP contribution in [0.2, 0.25) is 0 Å². The highest BCUT2D eigenvalue weighted by atomic mass is 16.5. The number of hydrogen-bond donors (Lipinski definition) is 1. The molecule has 0 spiro atoms. The summed E-state index contributed by atoms with van der Waals surface area (Å²) < 4.78 is 5.16. The summed E-state index contributed by atoms with van der Waals surface area (Å²) in [6, 6.07) is 2.08. The Balaban J connectivity index is 1.64. The number of hydrogen-bond acceptors (Lipinski definition) is 6. The van der Waals surface area contributed by atoms with Crippen LogP contribution in [0.25, 0.3) is 0 Å². The maximum atomic E-state index is 9.81. The third-order valence-corrected chi connectivity index (χ3v) is 5.75. The van der Waals surface area contributed by atoms with Gasteiger partial charge in [0.15, 0.2) is 0 Å². The van der Waals surface area contributed by atoms with E-state index in [1.54, 1.807) is 7.11 Å². The first kappa shape index (κ1) is 18.5. The van der Waals surface area contributed by atoms with Crippen molar-refractivity contribution in [2.24, 2.45) is 11.8 Å². The largest absolute Gasteiger partial charge is 0.396 e. The molecule has 140 valence electrons. The van der Waals surface area contributed by atoms with Crippen LogP contribution in [0.4, 0.5) is 5.95 Å². The molecule has 2 atom stereocenters. The van der Waals surface area contributed by atoms with Crippen molar-refractivity contribution in [2.75, 3.05) is 58.5 Å². The highest BCUT2D eigenvalue weighted by Crippen LogP contribution is 2.34. The minimum atomic E-state index is 0.224. The van der Waals surface area contributed by atoms with Gasteiger partial charge in [0.2, 0.25) is 5.95 Å². The van der Waals surface area contributed by atoms with Gasteiger partial charge in [-0.25, -0.2) is 9.97 Å². The molecule has 1 saturated heterocycles. The van der Waals surface area contributed by atoms with Crippen molar-refractivity contribution in [1.82, 2.24) is 14.9 Å². The Bertz CT molecular complexity index is 536. The van der Waals surface area contributed by atoms with Gasteiger partial charge in [0.05, 0.1) is 6.61 Å². The predicted molar refractivity (Wildman–Crippen MR) is 98.9 cm³/mol. The van der Waals surface area contributed by atoms with Crippen molar-refractivity contribution >= 4 is 5.95 Å². The molecule has 0 radical (unpaired) electrons. The lowest BCUT2D eigenvalue weighted by atomic mass is 9.96. The van der Waals surface area contributed by atoms with Crippen LogP contribution < -0.4 is 4.90 Å². The van der Waals surface area contributed by atoms with Gasteiger partial charge in [-0.3, -0.25) is 0 Å². The third-order valence-electron chi connectivity index (χ3n) is 5.75. The van der Waals surface area contributed by atoms with Gasteiger partial charge in [-0.05, 0) is 31.9 Å². The van der Waals surface area contributed by atoms with Gasteiger partial charge < -0.3 is 19.6 Å². The summed E-state index contributed by atoms with van der Waals surface area (Å²) in [5, 5.41) is 9.81. The Labute approximate surface area is 151 Å². The molecule has 1 aromatic rings. The van der Waals surface area contributed by atoms with Crippen LogP contribution in [-0.4, -0.2) is 73.5 Å². The van der Waals surface area contributed by atoms with Crippen molar-refractivity contribution in [3.8, 4) is 0 Å². The first-order valence-electron chi connectivity index (χ1n) is 9.57. The van der Waals surface area contributed by atoms with Crippen LogP contribution in [0, 0.1) is 11.8 Å². The van der Waals surface area contributed by atoms with E-state index in [9.17, 15) is 5.11 Å². The Morgan fingerprint density at radius 3 is 2.76 bits per heavy atom. The molecule has 1 N–H and O–H groups in total. The van der Waals surface area contributed by atoms with E-state index in [-0.39, 0.29) is 12.5 Å². The maximum Gasteiger partial charge on any atom is 0.225 e. The molecule has 1 saturated carbocycles. The van der Waals surface area contributed by atoms with Crippen molar-refractivity contribution in [3.05, 3.63) is 18.0 Å². The monoisotopic (exact) mass is 348 g/mol. The number of rotatable bonds is 8. The zero-order valence-corrected chi connectivity index (χ0v) is 15.6. The van der Waals surface area contributed by atoms with Crippen LogP contribution in [0.15, 0.2) is 12.3 Å². The minimum Gasteiger partial charge on any atom is -0.396 e. The Hall–Kier alpha value is -1.24. The third kappa shape index (κ3) is 4.68. The second kappa shape index (κ2) is 8.92. The normalized spacial score (nSPS) is 24.6. The van der Waals surface area contributed by atoms with Crippen molar-refractivity contribution in [1.29, 1.82) is 0 Å². The molecule has 0 aromatic carbocycles. The lowest BCUT2D eigenvalue weighted by Crippen LogP contribution is -2.33. The molecule has 6 heteroatoms. The number of aliphatic hydroxyl groups excluding tert-OH is 1. The van der Waals surface area contributed by atoms with Crippen molar-refractivity contribution < 1.29 is 9.84 Å². The van der Waals surface area contributed by atoms with Crippen LogP contribution in [-0.2, 0) is 4.74 Å². The van der Waals surface area contributed by atoms with Crippen LogP contribution >= 0.6 is 0 Å². The summed E-state index contributed by atoms with van der Waals surface area (Å²) in [5.41, 5.74) is 1.20. The molecule has 1 aliphatic heterocycles. The molecular weight excluding hydrogens is 316 g/mol. The molecule has 2 aliphatic rings. The molecule has 2 heterocycles. The maximum absolute atomic E-state index is 9.81. The number of anilines is 1. The van der Waals surface area contributed by atoms with E-state index >= 15 is 0 Å². The average Bonchev–Trinajstić information content (AvgIpc) is 3.30. The SMILES string of the molecule is COCCN(C)C[C@@H]1CN(c2nccc(C3CCCC3)n2)C[C@@H]1CO. The highest BCUT2D eigenvalue weighted by molar-refractivity contribution is 5.33. The summed E-state index contributed by atoms with van der Waals surface area (Å²) in [4.78, 5) is 13.9. The standard InChI is InChI=1S/C19H32N4O2/c1-22(9-10-25-2)11-16-12-23(13-17(16)14-24)19-20-8-7-18(21-19)15-5-3-4-6-15/h7-8,15-17,24H,3-6,9-14H2,1-2H3/t16-,17-/m1/s1. The van der Waals surface area contributed by atoms with Crippen LogP contribution in [0.5, 0.6) is 0 Å². The van der Waals surface area contributed by atoms with Gasteiger partial charge in [0, 0.05) is 63.6 Å². The number of methoxy groups -OCH3 is 1. The fourth-order valence-electron chi connectivity index (χ4n) is 4.22. The quantitative estimate of drug-likeness (QED) is 0.772. The number of likely N-dealkylation sites (N-methyl/N-ethyl adjacent to an activating group) is 1. The van der Waals surface area contributed by atoms with Gasteiger partial charge in [0.1, 0.15) is 0 Å². The summed E-state index contributed by atoms with van der Waals surface area (Å²) >= 11 is 0. The molecule has 1 aliphatic carbocycles. The molecule has 6 nitrogen and oxygen atoms in total. The predicted octanol–water partition coefficient (Wildman–Crippen LogP) is 1.76. The smallest absolute Gasteiger partial charge is 0.225 e. The van der Waals surface area contributed by atoms with Gasteiger partial charge in [-0.15, -0.1) is 0 Å². The zero-order valence-electron chi connectivity index (χ0n) is 15.6. The Morgan fingerprint density at radius 1 is 1.28 bits per heavy atom. The molecule has 25 heavy (non-hydrogen) atoms. The Morgan fingerprint density at radius 2 is 2.04 bits per heavy atom. The molecule has 1 aromatic heterocycles. The van der Waals surface area contributed by atoms with E-state index < -0.39 is 0 Å². The van der Waals surface area contributed by atoms with Crippen molar-refractivity contribution in [3.63, 3.8) is 0 Å². The second-order valence-electron chi connectivity index (χ2n) is 7.63. The second-order valence-corrected chi connectivity index (χ2v) is 7.63. The summed E-state index contributed by atoms with van der Waals surface area (Å²) in [6.07, 6.45) is 7.04. The van der Waals surface area contributed by atoms with Gasteiger partial charge in [-0.1, -0.05) is 12.8 Å². The van der Waals surface area contributed by atoms with E-state index in [1.807, 2.05) is 6.20 Å². The topological polar surface area (TPSA) is 61.7 Å². The van der Waals surface area contributed by atoms with Crippen molar-refractivity contribution in [2.45, 2.75) is 31.6 Å². The van der Waals surface area contributed by atoms with Gasteiger partial charge >= 0.3 is 0 Å². The number of nitrogens with zero attached hydrogens (tertiary/aromatic N) is 4. The zero-order chi connectivity index (χ0) is 17.6. The summed E-state index contributed by atoms with van der Waals surface area (Å²) in [6.45, 7) is 4.60. The molecule has 0 bridgehead atoms. The van der Waals surface area contributed by atoms with Crippen LogP contribution in [0.3, 0.4) is 0 Å². The first-order valence-corrected chi connectivity index (χ1v) is 9.57. The molecule has 0 unspecified atom stereocenters. The molecule has 3 rings (SSSR count). The van der Waals surface area contributed by atoms with E-state index in [0.717, 1.165) is 38.7 Å². The minimum absolute atomic E-state index is 0.224. The summed E-state index contributed by atoms with van der Waals surface area (Å²) in [7, 11) is 3.85. The van der Waals surface area contributed by atoms with E-state index in [0.29, 0.717) is 11.8 Å². The number of aromatic nitrogens is 2. The highest BCUT2D eigenvalue weighted by Gasteiger charge is 2.34. The number of ether oxygens (including phenoxy) is 1. The Kier molecular flexibility index (Phi) is 6.62. The van der Waals surface area contributed by atoms with Gasteiger partial charge in [0.25, 0.3) is 0 Å². The van der Waals surface area contributed by atoms with Crippen LogP contribution in [0.1, 0.15) is 37.3 Å². The fraction of sp³-hybridized carbons (Fsp3) is 0.789. The molecular formula is C19H32N4O2. The lowest BCUT2D eigenvalue weighted by Gasteiger charge is -2.23. The van der Waals surface area contributed by atoms with E-state index in [1.165, 1.54) is 31.4 Å². The molecule has 0 amide bonds. The van der Waals surface area contributed by atoms with E-state index in [4.69, 9.17) is 9.72 Å².